The van der Waals surface area contributed by atoms with Crippen molar-refractivity contribution in [2.75, 3.05) is 0 Å². The molecule has 0 bridgehead atoms. The molecule has 2 unspecified atom stereocenters. The number of alkyl halides is 1. The molecule has 0 spiro atoms. The van der Waals surface area contributed by atoms with E-state index in [1.165, 1.54) is 27.5 Å². The highest BCUT2D eigenvalue weighted by molar-refractivity contribution is 9.10. The Kier molecular flexibility index (Phi) is 1.97. The van der Waals surface area contributed by atoms with Gasteiger partial charge >= 0.3 is 0 Å². The van der Waals surface area contributed by atoms with Crippen LogP contribution in [0, 0.1) is 0 Å². The summed E-state index contributed by atoms with van der Waals surface area (Å²) in [6, 6.07) is 11.0. The summed E-state index contributed by atoms with van der Waals surface area (Å²) in [5.41, 5.74) is 4.19. The molecular weight excluding hydrogens is 284 g/mol. The Morgan fingerprint density at radius 1 is 1.06 bits per heavy atom. The predicted molar refractivity (Wildman–Crippen MR) is 82.1 cm³/mol. The van der Waals surface area contributed by atoms with Crippen LogP contribution in [0.2, 0.25) is 0 Å². The van der Waals surface area contributed by atoms with Crippen LogP contribution in [-0.2, 0) is 0 Å². The minimum absolute atomic E-state index is 0.0261. The van der Waals surface area contributed by atoms with Crippen molar-refractivity contribution in [3.8, 4) is 0 Å². The van der Waals surface area contributed by atoms with Gasteiger partial charge in [0.05, 0.1) is 4.32 Å². The van der Waals surface area contributed by atoms with Gasteiger partial charge in [0.25, 0.3) is 0 Å². The average Bonchev–Trinajstić information content (AvgIpc) is 2.38. The highest BCUT2D eigenvalue weighted by atomic mass is 79.9. The normalized spacial score (nSPS) is 27.8. The molecule has 2 atom stereocenters. The highest BCUT2D eigenvalue weighted by Crippen LogP contribution is 2.49. The first-order valence-corrected chi connectivity index (χ1v) is 7.08. The van der Waals surface area contributed by atoms with Crippen LogP contribution >= 0.6 is 15.9 Å². The van der Waals surface area contributed by atoms with E-state index in [0.717, 1.165) is 0 Å². The first-order chi connectivity index (χ1) is 8.67. The van der Waals surface area contributed by atoms with E-state index in [9.17, 15) is 0 Å². The topological polar surface area (TPSA) is 0 Å². The zero-order valence-corrected chi connectivity index (χ0v) is 11.7. The number of benzene rings is 2. The molecule has 0 nitrogen and oxygen atoms in total. The largest absolute Gasteiger partial charge is 0.0801 e. The summed E-state index contributed by atoms with van der Waals surface area (Å²) in [5.74, 6) is 0.427. The van der Waals surface area contributed by atoms with E-state index in [1.807, 2.05) is 0 Å². The van der Waals surface area contributed by atoms with Gasteiger partial charge in [-0.05, 0) is 34.4 Å². The van der Waals surface area contributed by atoms with Crippen molar-refractivity contribution in [2.45, 2.75) is 17.2 Å². The second kappa shape index (κ2) is 3.36. The van der Waals surface area contributed by atoms with Crippen LogP contribution < -0.4 is 0 Å². The van der Waals surface area contributed by atoms with Crippen molar-refractivity contribution >= 4 is 38.9 Å². The van der Waals surface area contributed by atoms with E-state index in [2.05, 4.69) is 77.5 Å². The lowest BCUT2D eigenvalue weighted by Crippen LogP contribution is -2.26. The molecule has 2 aliphatic carbocycles. The van der Waals surface area contributed by atoms with Crippen LogP contribution in [0.25, 0.3) is 22.9 Å². The molecule has 0 N–H and O–H groups in total. The summed E-state index contributed by atoms with van der Waals surface area (Å²) in [4.78, 5) is 0. The van der Waals surface area contributed by atoms with Gasteiger partial charge in [0.2, 0.25) is 0 Å². The molecule has 2 aromatic carbocycles. The van der Waals surface area contributed by atoms with Crippen molar-refractivity contribution in [3.63, 3.8) is 0 Å². The summed E-state index contributed by atoms with van der Waals surface area (Å²) in [7, 11) is 0. The molecule has 1 heteroatoms. The van der Waals surface area contributed by atoms with Gasteiger partial charge in [0.15, 0.2) is 0 Å². The molecule has 18 heavy (non-hydrogen) atoms. The van der Waals surface area contributed by atoms with Crippen LogP contribution in [0.15, 0.2) is 42.5 Å². The zero-order valence-electron chi connectivity index (χ0n) is 10.2. The molecule has 0 aliphatic heterocycles. The molecule has 2 aliphatic rings. The predicted octanol–water partition coefficient (Wildman–Crippen LogP) is 5.13. The standard InChI is InChI=1S/C17H13Br/c1-17(18)10-9-13-6-5-11-3-2-4-12-7-8-14(17)16(13)15(11)12/h2-10,14H,1H3. The molecular formula is C17H13Br. The smallest absolute Gasteiger partial charge is 0.0515 e. The van der Waals surface area contributed by atoms with Gasteiger partial charge in [0.1, 0.15) is 0 Å². The van der Waals surface area contributed by atoms with E-state index >= 15 is 0 Å². The summed E-state index contributed by atoms with van der Waals surface area (Å²) >= 11 is 3.87. The molecule has 0 aromatic heterocycles. The average molecular weight is 297 g/mol. The van der Waals surface area contributed by atoms with E-state index in [1.54, 1.807) is 0 Å². The first kappa shape index (κ1) is 10.6. The zero-order chi connectivity index (χ0) is 12.3. The fourth-order valence-corrected chi connectivity index (χ4v) is 3.71. The lowest BCUT2D eigenvalue weighted by molar-refractivity contribution is 0.707. The maximum atomic E-state index is 3.87. The molecule has 0 fully saturated rings. The van der Waals surface area contributed by atoms with E-state index in [-0.39, 0.29) is 4.32 Å². The third-order valence-electron chi connectivity index (χ3n) is 4.13. The molecule has 0 saturated carbocycles. The molecule has 88 valence electrons. The van der Waals surface area contributed by atoms with E-state index < -0.39 is 0 Å². The number of halogens is 1. The minimum Gasteiger partial charge on any atom is -0.0801 e. The van der Waals surface area contributed by atoms with Crippen LogP contribution in [0.4, 0.5) is 0 Å². The maximum absolute atomic E-state index is 3.87. The molecule has 2 aromatic rings. The summed E-state index contributed by atoms with van der Waals surface area (Å²) in [6.07, 6.45) is 9.11. The Balaban J connectivity index is 2.20. The molecule has 0 radical (unpaired) electrons. The minimum atomic E-state index is 0.0261. The Bertz CT molecular complexity index is 720. The third-order valence-corrected chi connectivity index (χ3v) is 4.89. The van der Waals surface area contributed by atoms with Gasteiger partial charge in [-0.3, -0.25) is 0 Å². The number of rotatable bonds is 0. The molecule has 0 amide bonds. The van der Waals surface area contributed by atoms with Gasteiger partial charge < -0.3 is 0 Å². The van der Waals surface area contributed by atoms with Crippen LogP contribution in [0.1, 0.15) is 29.5 Å². The fourth-order valence-electron chi connectivity index (χ4n) is 3.19. The SMILES string of the molecule is CC1(Br)C=Cc2ccc3cccc4c3c2C1C=C4. The summed E-state index contributed by atoms with van der Waals surface area (Å²) in [6.45, 7) is 2.24. The molecule has 4 rings (SSSR count). The van der Waals surface area contributed by atoms with Crippen LogP contribution in [-0.4, -0.2) is 4.32 Å². The first-order valence-electron chi connectivity index (χ1n) is 6.29. The van der Waals surface area contributed by atoms with Crippen molar-refractivity contribution in [1.82, 2.24) is 0 Å². The number of hydrogen-bond donors (Lipinski definition) is 0. The van der Waals surface area contributed by atoms with Crippen molar-refractivity contribution in [2.24, 2.45) is 0 Å². The van der Waals surface area contributed by atoms with Crippen molar-refractivity contribution in [1.29, 1.82) is 0 Å². The van der Waals surface area contributed by atoms with Crippen molar-refractivity contribution < 1.29 is 0 Å². The second-order valence-corrected chi connectivity index (χ2v) is 7.04. The Hall–Kier alpha value is -1.34. The van der Waals surface area contributed by atoms with Gasteiger partial charge in [-0.2, -0.15) is 0 Å². The molecule has 0 heterocycles. The quantitative estimate of drug-likeness (QED) is 0.591. The molecule has 0 saturated heterocycles. The van der Waals surface area contributed by atoms with Gasteiger partial charge in [-0.1, -0.05) is 70.6 Å². The number of allylic oxidation sites excluding steroid dienone is 2. The van der Waals surface area contributed by atoms with Gasteiger partial charge in [0, 0.05) is 5.92 Å². The van der Waals surface area contributed by atoms with E-state index in [0.29, 0.717) is 5.92 Å². The summed E-state index contributed by atoms with van der Waals surface area (Å²) in [5, 5.41) is 2.77. The Morgan fingerprint density at radius 3 is 2.83 bits per heavy atom. The Labute approximate surface area is 115 Å². The lowest BCUT2D eigenvalue weighted by Gasteiger charge is -2.35. The highest BCUT2D eigenvalue weighted by Gasteiger charge is 2.35. The maximum Gasteiger partial charge on any atom is 0.0515 e. The van der Waals surface area contributed by atoms with Crippen molar-refractivity contribution in [3.05, 3.63) is 59.2 Å². The fraction of sp³-hybridized carbons (Fsp3) is 0.176. The Morgan fingerprint density at radius 2 is 1.94 bits per heavy atom. The van der Waals surface area contributed by atoms with E-state index in [4.69, 9.17) is 0 Å². The third kappa shape index (κ3) is 1.26. The van der Waals surface area contributed by atoms with Crippen LogP contribution in [0.5, 0.6) is 0 Å². The second-order valence-electron chi connectivity index (χ2n) is 5.34. The van der Waals surface area contributed by atoms with Crippen LogP contribution in [0.3, 0.4) is 0 Å². The lowest BCUT2D eigenvalue weighted by atomic mass is 9.74. The number of hydrogen-bond acceptors (Lipinski definition) is 0. The summed E-state index contributed by atoms with van der Waals surface area (Å²) < 4.78 is 0.0261. The van der Waals surface area contributed by atoms with Gasteiger partial charge in [-0.15, -0.1) is 0 Å². The monoisotopic (exact) mass is 296 g/mol. The van der Waals surface area contributed by atoms with Gasteiger partial charge in [-0.25, -0.2) is 0 Å².